The Morgan fingerprint density at radius 3 is 2.44 bits per heavy atom. The third kappa shape index (κ3) is 5.28. The lowest BCUT2D eigenvalue weighted by Crippen LogP contribution is -2.48. The van der Waals surface area contributed by atoms with Crippen molar-refractivity contribution in [1.29, 1.82) is 0 Å². The van der Waals surface area contributed by atoms with E-state index in [9.17, 15) is 4.79 Å². The summed E-state index contributed by atoms with van der Waals surface area (Å²) in [6.45, 7) is 17.6. The van der Waals surface area contributed by atoms with Crippen molar-refractivity contribution in [3.8, 4) is 0 Å². The van der Waals surface area contributed by atoms with Crippen LogP contribution in [0.5, 0.6) is 0 Å². The van der Waals surface area contributed by atoms with Crippen molar-refractivity contribution in [2.24, 2.45) is 23.2 Å². The summed E-state index contributed by atoms with van der Waals surface area (Å²) in [6.07, 6.45) is 4.89. The van der Waals surface area contributed by atoms with Gasteiger partial charge in [0.05, 0.1) is 12.5 Å². The Kier molecular flexibility index (Phi) is 7.87. The molecule has 1 aliphatic heterocycles. The maximum absolute atomic E-state index is 11.9. The number of anilines is 1. The molecule has 0 amide bonds. The highest BCUT2D eigenvalue weighted by Gasteiger charge is 2.45. The summed E-state index contributed by atoms with van der Waals surface area (Å²) in [6, 6.07) is 9.18. The van der Waals surface area contributed by atoms with Crippen LogP contribution in [-0.4, -0.2) is 50.2 Å². The fraction of sp³-hybridized carbons (Fsp3) is 0.741. The number of carbonyl (C=O) groups excluding carboxylic acids is 1. The molecular formula is C27H43ClN2O2. The molecule has 3 fully saturated rings. The third-order valence-electron chi connectivity index (χ3n) is 8.50. The van der Waals surface area contributed by atoms with Crippen LogP contribution in [0.2, 0.25) is 0 Å². The molecule has 2 aliphatic carbocycles. The predicted octanol–water partition coefficient (Wildman–Crippen LogP) is 5.53. The second-order valence-corrected chi connectivity index (χ2v) is 11.3. The van der Waals surface area contributed by atoms with E-state index in [0.717, 1.165) is 39.1 Å². The van der Waals surface area contributed by atoms with E-state index in [4.69, 9.17) is 4.74 Å². The van der Waals surface area contributed by atoms with Crippen LogP contribution in [0.3, 0.4) is 0 Å². The van der Waals surface area contributed by atoms with Crippen molar-refractivity contribution in [2.45, 2.75) is 65.7 Å². The number of para-hydroxylation sites is 1. The van der Waals surface area contributed by atoms with Gasteiger partial charge in [0.2, 0.25) is 0 Å². The molecule has 32 heavy (non-hydrogen) atoms. The van der Waals surface area contributed by atoms with Gasteiger partial charge < -0.3 is 9.64 Å². The van der Waals surface area contributed by atoms with E-state index in [1.807, 2.05) is 6.92 Å². The van der Waals surface area contributed by atoms with Gasteiger partial charge in [-0.2, -0.15) is 0 Å². The van der Waals surface area contributed by atoms with Crippen molar-refractivity contribution < 1.29 is 9.53 Å². The van der Waals surface area contributed by atoms with Crippen molar-refractivity contribution >= 4 is 24.1 Å². The fourth-order valence-electron chi connectivity index (χ4n) is 6.12. The molecule has 1 heterocycles. The molecule has 1 saturated heterocycles. The quantitative estimate of drug-likeness (QED) is 0.520. The first-order chi connectivity index (χ1) is 14.7. The Morgan fingerprint density at radius 2 is 1.78 bits per heavy atom. The Hall–Kier alpha value is -1.26. The van der Waals surface area contributed by atoms with Crippen LogP contribution in [-0.2, 0) is 14.9 Å². The van der Waals surface area contributed by atoms with Gasteiger partial charge in [0.1, 0.15) is 0 Å². The normalized spacial score (nSPS) is 32.2. The van der Waals surface area contributed by atoms with E-state index in [-0.39, 0.29) is 29.7 Å². The zero-order chi connectivity index (χ0) is 22.2. The number of hydrogen-bond donors (Lipinski definition) is 0. The Balaban J connectivity index is 0.00000289. The van der Waals surface area contributed by atoms with Crippen LogP contribution in [0.15, 0.2) is 24.3 Å². The monoisotopic (exact) mass is 462 g/mol. The number of rotatable bonds is 6. The third-order valence-corrected chi connectivity index (χ3v) is 8.50. The molecular weight excluding hydrogens is 420 g/mol. The molecule has 4 unspecified atom stereocenters. The number of piperazine rings is 1. The molecule has 1 aromatic rings. The van der Waals surface area contributed by atoms with Gasteiger partial charge in [0.15, 0.2) is 0 Å². The molecule has 5 heteroatoms. The smallest absolute Gasteiger partial charge is 0.309 e. The van der Waals surface area contributed by atoms with Gasteiger partial charge in [0.25, 0.3) is 0 Å². The van der Waals surface area contributed by atoms with Gasteiger partial charge in [-0.3, -0.25) is 9.69 Å². The fourth-order valence-corrected chi connectivity index (χ4v) is 6.12. The van der Waals surface area contributed by atoms with E-state index >= 15 is 0 Å². The first kappa shape index (κ1) is 25.4. The average molecular weight is 463 g/mol. The largest absolute Gasteiger partial charge is 0.466 e. The molecule has 3 aliphatic rings. The number of nitrogens with zero attached hydrogens (tertiary/aromatic N) is 2. The van der Waals surface area contributed by atoms with E-state index in [0.29, 0.717) is 23.9 Å². The zero-order valence-electron chi connectivity index (χ0n) is 20.7. The summed E-state index contributed by atoms with van der Waals surface area (Å²) in [5, 5.41) is 0. The number of esters is 1. The van der Waals surface area contributed by atoms with E-state index in [1.165, 1.54) is 24.9 Å². The van der Waals surface area contributed by atoms with Gasteiger partial charge in [0, 0.05) is 38.4 Å². The summed E-state index contributed by atoms with van der Waals surface area (Å²) < 4.78 is 5.20. The SMILES string of the molecule is CCOC(=O)C1CC1CN1CCN(c2ccccc2C2(C)CCC(C)(C)CC2C)CC1.Cl. The average Bonchev–Trinajstić information content (AvgIpc) is 3.51. The molecule has 4 atom stereocenters. The summed E-state index contributed by atoms with van der Waals surface area (Å²) in [5.41, 5.74) is 3.72. The maximum Gasteiger partial charge on any atom is 0.309 e. The summed E-state index contributed by atoms with van der Waals surface area (Å²) in [7, 11) is 0. The topological polar surface area (TPSA) is 32.8 Å². The van der Waals surface area contributed by atoms with E-state index in [1.54, 1.807) is 5.56 Å². The molecule has 0 N–H and O–H groups in total. The molecule has 0 bridgehead atoms. The minimum absolute atomic E-state index is 0. The second kappa shape index (κ2) is 9.93. The molecule has 4 nitrogen and oxygen atoms in total. The van der Waals surface area contributed by atoms with Crippen molar-refractivity contribution in [3.63, 3.8) is 0 Å². The Bertz CT molecular complexity index is 790. The molecule has 4 rings (SSSR count). The molecule has 0 aromatic heterocycles. The highest BCUT2D eigenvalue weighted by Crippen LogP contribution is 2.52. The highest BCUT2D eigenvalue weighted by atomic mass is 35.5. The van der Waals surface area contributed by atoms with Crippen LogP contribution < -0.4 is 4.90 Å². The van der Waals surface area contributed by atoms with Gasteiger partial charge in [-0.25, -0.2) is 0 Å². The molecule has 2 saturated carbocycles. The molecule has 0 spiro atoms. The lowest BCUT2D eigenvalue weighted by Gasteiger charge is -2.48. The summed E-state index contributed by atoms with van der Waals surface area (Å²) in [5.74, 6) is 1.35. The van der Waals surface area contributed by atoms with Crippen LogP contribution in [0.25, 0.3) is 0 Å². The molecule has 1 aromatic carbocycles. The van der Waals surface area contributed by atoms with Crippen LogP contribution in [0.4, 0.5) is 5.69 Å². The van der Waals surface area contributed by atoms with E-state index in [2.05, 4.69) is 61.8 Å². The van der Waals surface area contributed by atoms with Crippen molar-refractivity contribution in [3.05, 3.63) is 29.8 Å². The zero-order valence-corrected chi connectivity index (χ0v) is 21.5. The van der Waals surface area contributed by atoms with Crippen LogP contribution >= 0.6 is 12.4 Å². The standard InChI is InChI=1S/C27H42N2O2.ClH/c1-6-31-25(30)22-17-21(22)19-28-13-15-29(16-14-28)24-10-8-7-9-23(24)27(5)12-11-26(3,4)18-20(27)2;/h7-10,20-22H,6,11-19H2,1-5H3;1H. The maximum atomic E-state index is 11.9. The first-order valence-electron chi connectivity index (χ1n) is 12.5. The lowest BCUT2D eigenvalue weighted by molar-refractivity contribution is -0.145. The van der Waals surface area contributed by atoms with Gasteiger partial charge in [-0.15, -0.1) is 12.4 Å². The molecule has 180 valence electrons. The summed E-state index contributed by atoms with van der Waals surface area (Å²) >= 11 is 0. The van der Waals surface area contributed by atoms with Gasteiger partial charge in [-0.1, -0.05) is 45.9 Å². The van der Waals surface area contributed by atoms with E-state index < -0.39 is 0 Å². The number of carbonyl (C=O) groups is 1. The van der Waals surface area contributed by atoms with Crippen LogP contribution in [0, 0.1) is 23.2 Å². The lowest BCUT2D eigenvalue weighted by atomic mass is 9.58. The van der Waals surface area contributed by atoms with Gasteiger partial charge in [-0.05, 0) is 66.9 Å². The Morgan fingerprint density at radius 1 is 1.09 bits per heavy atom. The minimum atomic E-state index is 0. The summed E-state index contributed by atoms with van der Waals surface area (Å²) in [4.78, 5) is 17.1. The second-order valence-electron chi connectivity index (χ2n) is 11.3. The van der Waals surface area contributed by atoms with Crippen molar-refractivity contribution in [2.75, 3.05) is 44.2 Å². The van der Waals surface area contributed by atoms with Crippen molar-refractivity contribution in [1.82, 2.24) is 4.90 Å². The Labute approximate surface area is 201 Å². The number of hydrogen-bond acceptors (Lipinski definition) is 4. The van der Waals surface area contributed by atoms with Gasteiger partial charge >= 0.3 is 5.97 Å². The number of ether oxygens (including phenoxy) is 1. The minimum Gasteiger partial charge on any atom is -0.466 e. The number of halogens is 1. The first-order valence-corrected chi connectivity index (χ1v) is 12.5. The molecule has 0 radical (unpaired) electrons. The predicted molar refractivity (Wildman–Crippen MR) is 135 cm³/mol. The van der Waals surface area contributed by atoms with Crippen LogP contribution in [0.1, 0.15) is 65.9 Å². The number of benzene rings is 1. The highest BCUT2D eigenvalue weighted by molar-refractivity contribution is 5.85.